The van der Waals surface area contributed by atoms with Crippen molar-refractivity contribution in [2.24, 2.45) is 0 Å². The van der Waals surface area contributed by atoms with Crippen molar-refractivity contribution in [2.75, 3.05) is 46.5 Å². The SMILES string of the molecule is COc1ccc2cc(CN3CCN(C4COC4)CC3)ccc2n1. The molecule has 4 rings (SSSR count). The second kappa shape index (κ2) is 6.43. The van der Waals surface area contributed by atoms with Gasteiger partial charge in [0, 0.05) is 44.2 Å². The minimum atomic E-state index is 0.666. The van der Waals surface area contributed by atoms with Crippen LogP contribution >= 0.6 is 0 Å². The smallest absolute Gasteiger partial charge is 0.213 e. The van der Waals surface area contributed by atoms with E-state index < -0.39 is 0 Å². The summed E-state index contributed by atoms with van der Waals surface area (Å²) in [7, 11) is 1.65. The normalized spacial score (nSPS) is 20.6. The molecule has 1 aromatic carbocycles. The van der Waals surface area contributed by atoms with Crippen molar-refractivity contribution < 1.29 is 9.47 Å². The van der Waals surface area contributed by atoms with Gasteiger partial charge in [-0.2, -0.15) is 0 Å². The number of pyridine rings is 1. The number of hydrogen-bond donors (Lipinski definition) is 0. The molecule has 2 aliphatic rings. The minimum absolute atomic E-state index is 0.666. The summed E-state index contributed by atoms with van der Waals surface area (Å²) >= 11 is 0. The summed E-state index contributed by atoms with van der Waals surface area (Å²) in [5.74, 6) is 0.668. The fraction of sp³-hybridized carbons (Fsp3) is 0.500. The molecule has 1 aromatic heterocycles. The van der Waals surface area contributed by atoms with Crippen molar-refractivity contribution in [3.63, 3.8) is 0 Å². The summed E-state index contributed by atoms with van der Waals surface area (Å²) < 4.78 is 10.5. The number of piperazine rings is 1. The molecule has 0 saturated carbocycles. The Hall–Kier alpha value is -1.69. The summed E-state index contributed by atoms with van der Waals surface area (Å²) in [5, 5.41) is 1.17. The lowest BCUT2D eigenvalue weighted by atomic mass is 10.1. The topological polar surface area (TPSA) is 37.8 Å². The van der Waals surface area contributed by atoms with Gasteiger partial charge in [0.1, 0.15) is 0 Å². The lowest BCUT2D eigenvalue weighted by Gasteiger charge is -2.42. The maximum Gasteiger partial charge on any atom is 0.213 e. The van der Waals surface area contributed by atoms with Gasteiger partial charge >= 0.3 is 0 Å². The summed E-state index contributed by atoms with van der Waals surface area (Å²) in [6.45, 7) is 7.42. The molecule has 122 valence electrons. The predicted molar refractivity (Wildman–Crippen MR) is 89.8 cm³/mol. The first kappa shape index (κ1) is 14.9. The summed E-state index contributed by atoms with van der Waals surface area (Å²) in [5.41, 5.74) is 2.34. The molecular formula is C18H23N3O2. The highest BCUT2D eigenvalue weighted by Crippen LogP contribution is 2.20. The fourth-order valence-electron chi connectivity index (χ4n) is 3.35. The van der Waals surface area contributed by atoms with E-state index in [0.717, 1.165) is 51.5 Å². The largest absolute Gasteiger partial charge is 0.481 e. The molecule has 3 heterocycles. The number of benzene rings is 1. The van der Waals surface area contributed by atoms with Gasteiger partial charge in [-0.25, -0.2) is 4.98 Å². The van der Waals surface area contributed by atoms with E-state index in [9.17, 15) is 0 Å². The zero-order valence-electron chi connectivity index (χ0n) is 13.6. The second-order valence-corrected chi connectivity index (χ2v) is 6.38. The predicted octanol–water partition coefficient (Wildman–Crippen LogP) is 1.76. The Bertz CT molecular complexity index is 679. The van der Waals surface area contributed by atoms with E-state index in [2.05, 4.69) is 39.0 Å². The molecule has 23 heavy (non-hydrogen) atoms. The van der Waals surface area contributed by atoms with Crippen LogP contribution in [0.2, 0.25) is 0 Å². The van der Waals surface area contributed by atoms with Crippen LogP contribution in [0.4, 0.5) is 0 Å². The minimum Gasteiger partial charge on any atom is -0.481 e. The van der Waals surface area contributed by atoms with Gasteiger partial charge in [-0.15, -0.1) is 0 Å². The van der Waals surface area contributed by atoms with E-state index in [1.165, 1.54) is 10.9 Å². The maximum absolute atomic E-state index is 5.30. The molecule has 0 unspecified atom stereocenters. The Morgan fingerprint density at radius 2 is 1.96 bits per heavy atom. The van der Waals surface area contributed by atoms with Crippen molar-refractivity contribution in [3.8, 4) is 5.88 Å². The fourth-order valence-corrected chi connectivity index (χ4v) is 3.35. The van der Waals surface area contributed by atoms with Crippen LogP contribution in [0, 0.1) is 0 Å². The molecule has 2 saturated heterocycles. The molecule has 0 aliphatic carbocycles. The molecule has 0 bridgehead atoms. The molecule has 2 aliphatic heterocycles. The van der Waals surface area contributed by atoms with E-state index in [0.29, 0.717) is 11.9 Å². The van der Waals surface area contributed by atoms with Crippen molar-refractivity contribution in [3.05, 3.63) is 35.9 Å². The van der Waals surface area contributed by atoms with Crippen molar-refractivity contribution in [1.29, 1.82) is 0 Å². The monoisotopic (exact) mass is 313 g/mol. The van der Waals surface area contributed by atoms with Gasteiger partial charge < -0.3 is 9.47 Å². The van der Waals surface area contributed by atoms with Crippen molar-refractivity contribution in [2.45, 2.75) is 12.6 Å². The van der Waals surface area contributed by atoms with Crippen LogP contribution in [0.3, 0.4) is 0 Å². The zero-order valence-corrected chi connectivity index (χ0v) is 13.6. The zero-order chi connectivity index (χ0) is 15.6. The first-order chi connectivity index (χ1) is 11.3. The molecule has 0 atom stereocenters. The highest BCUT2D eigenvalue weighted by Gasteiger charge is 2.28. The molecule has 0 N–H and O–H groups in total. The third-order valence-corrected chi connectivity index (χ3v) is 4.89. The number of ether oxygens (including phenoxy) is 2. The lowest BCUT2D eigenvalue weighted by Crippen LogP contribution is -2.56. The van der Waals surface area contributed by atoms with Crippen molar-refractivity contribution in [1.82, 2.24) is 14.8 Å². The van der Waals surface area contributed by atoms with Crippen LogP contribution in [0.25, 0.3) is 10.9 Å². The van der Waals surface area contributed by atoms with Crippen LogP contribution < -0.4 is 4.74 Å². The quantitative estimate of drug-likeness (QED) is 0.860. The van der Waals surface area contributed by atoms with E-state index in [1.54, 1.807) is 7.11 Å². The van der Waals surface area contributed by atoms with Crippen LogP contribution in [0.5, 0.6) is 5.88 Å². The number of rotatable bonds is 4. The number of hydrogen-bond acceptors (Lipinski definition) is 5. The Labute approximate surface area is 136 Å². The highest BCUT2D eigenvalue weighted by molar-refractivity contribution is 5.79. The van der Waals surface area contributed by atoms with Gasteiger partial charge in [-0.05, 0) is 23.8 Å². The molecule has 5 nitrogen and oxygen atoms in total. The van der Waals surface area contributed by atoms with Gasteiger partial charge in [0.15, 0.2) is 0 Å². The molecule has 2 fully saturated rings. The van der Waals surface area contributed by atoms with E-state index in [4.69, 9.17) is 9.47 Å². The first-order valence-electron chi connectivity index (χ1n) is 8.30. The van der Waals surface area contributed by atoms with Crippen LogP contribution in [0.1, 0.15) is 5.56 Å². The third-order valence-electron chi connectivity index (χ3n) is 4.89. The van der Waals surface area contributed by atoms with Crippen LogP contribution in [-0.2, 0) is 11.3 Å². The van der Waals surface area contributed by atoms with Gasteiger partial charge in [0.25, 0.3) is 0 Å². The molecule has 2 aromatic rings. The van der Waals surface area contributed by atoms with E-state index in [-0.39, 0.29) is 0 Å². The Balaban J connectivity index is 1.39. The van der Waals surface area contributed by atoms with Gasteiger partial charge in [-0.1, -0.05) is 6.07 Å². The van der Waals surface area contributed by atoms with Gasteiger partial charge in [-0.3, -0.25) is 9.80 Å². The molecule has 0 radical (unpaired) electrons. The number of fused-ring (bicyclic) bond motifs is 1. The summed E-state index contributed by atoms with van der Waals surface area (Å²) in [6, 6.07) is 11.2. The maximum atomic E-state index is 5.30. The van der Waals surface area contributed by atoms with Crippen LogP contribution in [-0.4, -0.2) is 67.3 Å². The first-order valence-corrected chi connectivity index (χ1v) is 8.30. The number of nitrogens with zero attached hydrogens (tertiary/aromatic N) is 3. The average Bonchev–Trinajstić information content (AvgIpc) is 2.54. The summed E-state index contributed by atoms with van der Waals surface area (Å²) in [6.07, 6.45) is 0. The molecule has 0 spiro atoms. The van der Waals surface area contributed by atoms with Crippen molar-refractivity contribution >= 4 is 10.9 Å². The van der Waals surface area contributed by atoms with Gasteiger partial charge in [0.05, 0.1) is 31.9 Å². The van der Waals surface area contributed by atoms with Gasteiger partial charge in [0.2, 0.25) is 5.88 Å². The summed E-state index contributed by atoms with van der Waals surface area (Å²) in [4.78, 5) is 9.57. The third kappa shape index (κ3) is 3.17. The standard InChI is InChI=1S/C18H23N3O2/c1-22-18-5-3-15-10-14(2-4-17(15)19-18)11-20-6-8-21(9-7-20)16-12-23-13-16/h2-5,10,16H,6-9,11-13H2,1H3. The number of aromatic nitrogens is 1. The Kier molecular flexibility index (Phi) is 4.16. The Morgan fingerprint density at radius 1 is 1.13 bits per heavy atom. The lowest BCUT2D eigenvalue weighted by molar-refractivity contribution is -0.0774. The second-order valence-electron chi connectivity index (χ2n) is 6.38. The van der Waals surface area contributed by atoms with E-state index in [1.807, 2.05) is 6.07 Å². The molecule has 5 heteroatoms. The highest BCUT2D eigenvalue weighted by atomic mass is 16.5. The van der Waals surface area contributed by atoms with Crippen LogP contribution in [0.15, 0.2) is 30.3 Å². The number of methoxy groups -OCH3 is 1. The molecular weight excluding hydrogens is 290 g/mol. The molecule has 0 amide bonds. The Morgan fingerprint density at radius 3 is 2.65 bits per heavy atom. The average molecular weight is 313 g/mol. The van der Waals surface area contributed by atoms with E-state index >= 15 is 0 Å².